The lowest BCUT2D eigenvalue weighted by atomic mass is 9.86. The fraction of sp³-hybridized carbons (Fsp3) is 0.393. The van der Waals surface area contributed by atoms with E-state index in [9.17, 15) is 31.5 Å². The van der Waals surface area contributed by atoms with Gasteiger partial charge in [0, 0.05) is 36.7 Å². The number of hydrogen-bond donors (Lipinski definition) is 1. The van der Waals surface area contributed by atoms with Crippen LogP contribution in [-0.2, 0) is 27.5 Å². The molecule has 226 valence electrons. The molecule has 2 aliphatic rings. The van der Waals surface area contributed by atoms with E-state index in [1.165, 1.54) is 28.8 Å². The summed E-state index contributed by atoms with van der Waals surface area (Å²) >= 11 is 0. The summed E-state index contributed by atoms with van der Waals surface area (Å²) in [5, 5.41) is 16.8. The van der Waals surface area contributed by atoms with Crippen LogP contribution in [0, 0.1) is 20.8 Å². The van der Waals surface area contributed by atoms with E-state index in [4.69, 9.17) is 4.74 Å². The van der Waals surface area contributed by atoms with Crippen molar-refractivity contribution in [3.8, 4) is 5.88 Å². The maximum absolute atomic E-state index is 13.8. The van der Waals surface area contributed by atoms with Crippen LogP contribution in [0.3, 0.4) is 0 Å². The highest BCUT2D eigenvalue weighted by Gasteiger charge is 2.52. The number of carbonyl (C=O) groups is 1. The lowest BCUT2D eigenvalue weighted by molar-refractivity contribution is -0.145. The van der Waals surface area contributed by atoms with E-state index in [1.54, 1.807) is 33.0 Å². The number of carboxylic acids is 1. The molecule has 5 heterocycles. The monoisotopic (exact) mass is 616 g/mol. The maximum atomic E-state index is 13.8. The SMILES string of the molecule is Cc1cnc2c(c1)S(=O)(=O)N(Cc1cc([C@H](CC(=O)O)c3ccn4c(C(F)(F)F)nnc4c3C)cnc1C)CC1(CC1)O2. The average Bonchev–Trinajstić information content (AvgIpc) is 3.54. The smallest absolute Gasteiger partial charge is 0.452 e. The second-order valence-electron chi connectivity index (χ2n) is 11.1. The van der Waals surface area contributed by atoms with Crippen molar-refractivity contribution in [1.82, 2.24) is 28.9 Å². The van der Waals surface area contributed by atoms with Gasteiger partial charge in [-0.2, -0.15) is 17.5 Å². The van der Waals surface area contributed by atoms with Gasteiger partial charge in [-0.3, -0.25) is 14.2 Å². The first-order valence-electron chi connectivity index (χ1n) is 13.4. The van der Waals surface area contributed by atoms with Gasteiger partial charge in [0.1, 0.15) is 10.5 Å². The predicted molar refractivity (Wildman–Crippen MR) is 145 cm³/mol. The minimum Gasteiger partial charge on any atom is -0.481 e. The van der Waals surface area contributed by atoms with Gasteiger partial charge in [0.2, 0.25) is 21.7 Å². The van der Waals surface area contributed by atoms with Gasteiger partial charge in [-0.15, -0.1) is 10.2 Å². The van der Waals surface area contributed by atoms with Crippen LogP contribution in [0.5, 0.6) is 5.88 Å². The van der Waals surface area contributed by atoms with Gasteiger partial charge >= 0.3 is 12.1 Å². The molecule has 1 N–H and O–H groups in total. The van der Waals surface area contributed by atoms with Crippen LogP contribution in [0.2, 0.25) is 0 Å². The van der Waals surface area contributed by atoms with Crippen LogP contribution in [0.25, 0.3) is 5.65 Å². The molecule has 4 aromatic rings. The number of aromatic nitrogens is 5. The molecule has 1 aliphatic heterocycles. The molecule has 11 nitrogen and oxygen atoms in total. The summed E-state index contributed by atoms with van der Waals surface area (Å²) in [5.41, 5.74) is 2.28. The van der Waals surface area contributed by atoms with Crippen molar-refractivity contribution in [1.29, 1.82) is 0 Å². The number of alkyl halides is 3. The van der Waals surface area contributed by atoms with Gasteiger partial charge in [-0.25, -0.2) is 13.4 Å². The largest absolute Gasteiger partial charge is 0.481 e. The van der Waals surface area contributed by atoms with Crippen molar-refractivity contribution in [2.24, 2.45) is 0 Å². The maximum Gasteiger partial charge on any atom is 0.452 e. The first-order chi connectivity index (χ1) is 20.2. The number of aliphatic carboxylic acids is 1. The molecule has 4 aromatic heterocycles. The second kappa shape index (κ2) is 9.98. The van der Waals surface area contributed by atoms with Crippen LogP contribution in [-0.4, -0.2) is 60.5 Å². The molecule has 0 amide bonds. The van der Waals surface area contributed by atoms with Crippen molar-refractivity contribution < 1.29 is 36.2 Å². The van der Waals surface area contributed by atoms with Gasteiger partial charge in [-0.05, 0) is 73.6 Å². The summed E-state index contributed by atoms with van der Waals surface area (Å²) in [6, 6.07) is 4.67. The molecule has 0 saturated heterocycles. The zero-order chi connectivity index (χ0) is 30.9. The van der Waals surface area contributed by atoms with E-state index >= 15 is 0 Å². The van der Waals surface area contributed by atoms with Gasteiger partial charge < -0.3 is 9.84 Å². The molecule has 1 fully saturated rings. The molecule has 1 atom stereocenters. The molecular formula is C28H27F3N6O5S. The summed E-state index contributed by atoms with van der Waals surface area (Å²) in [7, 11) is -4.02. The van der Waals surface area contributed by atoms with Crippen LogP contribution >= 0.6 is 0 Å². The van der Waals surface area contributed by atoms with Crippen LogP contribution < -0.4 is 4.74 Å². The Hall–Kier alpha value is -4.11. The van der Waals surface area contributed by atoms with Crippen LogP contribution in [0.15, 0.2) is 41.7 Å². The lowest BCUT2D eigenvalue weighted by Crippen LogP contribution is -2.38. The Bertz CT molecular complexity index is 1890. The number of pyridine rings is 3. The third-order valence-corrected chi connectivity index (χ3v) is 9.78. The van der Waals surface area contributed by atoms with Crippen LogP contribution in [0.1, 0.15) is 64.5 Å². The van der Waals surface area contributed by atoms with Crippen molar-refractivity contribution in [3.05, 3.63) is 76.1 Å². The van der Waals surface area contributed by atoms with Crippen molar-refractivity contribution in [2.45, 2.75) is 69.2 Å². The molecule has 0 unspecified atom stereocenters. The fourth-order valence-electron chi connectivity index (χ4n) is 5.50. The number of aryl methyl sites for hydroxylation is 3. The number of nitrogens with zero attached hydrogens (tertiary/aromatic N) is 6. The summed E-state index contributed by atoms with van der Waals surface area (Å²) in [5.74, 6) is -3.06. The van der Waals surface area contributed by atoms with Crippen molar-refractivity contribution >= 4 is 21.6 Å². The number of sulfonamides is 1. The van der Waals surface area contributed by atoms with Gasteiger partial charge in [-0.1, -0.05) is 6.07 Å². The molecule has 1 aliphatic carbocycles. The Kier molecular flexibility index (Phi) is 6.73. The van der Waals surface area contributed by atoms with E-state index in [0.29, 0.717) is 46.4 Å². The average molecular weight is 617 g/mol. The third-order valence-electron chi connectivity index (χ3n) is 8.00. The number of fused-ring (bicyclic) bond motifs is 2. The number of hydrogen-bond acceptors (Lipinski definition) is 8. The molecule has 1 spiro atoms. The Morgan fingerprint density at radius 3 is 2.56 bits per heavy atom. The van der Waals surface area contributed by atoms with E-state index < -0.39 is 45.9 Å². The lowest BCUT2D eigenvalue weighted by Gasteiger charge is -2.24. The zero-order valence-corrected chi connectivity index (χ0v) is 24.2. The highest BCUT2D eigenvalue weighted by atomic mass is 32.2. The fourth-order valence-corrected chi connectivity index (χ4v) is 7.14. The molecule has 43 heavy (non-hydrogen) atoms. The zero-order valence-electron chi connectivity index (χ0n) is 23.4. The van der Waals surface area contributed by atoms with Crippen LogP contribution in [0.4, 0.5) is 13.2 Å². The Morgan fingerprint density at radius 1 is 1.14 bits per heavy atom. The topological polar surface area (TPSA) is 140 Å². The molecule has 0 radical (unpaired) electrons. The van der Waals surface area contributed by atoms with Gasteiger partial charge in [0.15, 0.2) is 5.65 Å². The highest BCUT2D eigenvalue weighted by Crippen LogP contribution is 2.46. The summed E-state index contributed by atoms with van der Waals surface area (Å²) < 4.78 is 76.2. The highest BCUT2D eigenvalue weighted by molar-refractivity contribution is 7.89. The normalized spacial score (nSPS) is 18.2. The minimum absolute atomic E-state index is 0.0164. The number of carboxylic acid groups (broad SMARTS) is 1. The number of ether oxygens (including phenoxy) is 1. The van der Waals surface area contributed by atoms with Gasteiger partial charge in [0.25, 0.3) is 0 Å². The van der Waals surface area contributed by atoms with Crippen molar-refractivity contribution in [3.63, 3.8) is 0 Å². The second-order valence-corrected chi connectivity index (χ2v) is 13.1. The molecule has 6 rings (SSSR count). The molecular weight excluding hydrogens is 589 g/mol. The predicted octanol–water partition coefficient (Wildman–Crippen LogP) is 4.19. The van der Waals surface area contributed by atoms with E-state index in [2.05, 4.69) is 20.2 Å². The number of rotatable bonds is 6. The quantitative estimate of drug-likeness (QED) is 0.338. The third kappa shape index (κ3) is 5.20. The minimum atomic E-state index is -4.73. The summed E-state index contributed by atoms with van der Waals surface area (Å²) in [6.07, 6.45) is 0.466. The van der Waals surface area contributed by atoms with Gasteiger partial charge in [0.05, 0.1) is 13.0 Å². The molecule has 0 aromatic carbocycles. The molecule has 1 saturated carbocycles. The Morgan fingerprint density at radius 2 is 1.88 bits per heavy atom. The Balaban J connectivity index is 1.40. The van der Waals surface area contributed by atoms with E-state index in [-0.39, 0.29) is 29.5 Å². The van der Waals surface area contributed by atoms with E-state index in [1.807, 2.05) is 0 Å². The Labute approximate surface area is 244 Å². The summed E-state index contributed by atoms with van der Waals surface area (Å²) in [4.78, 5) is 20.7. The van der Waals surface area contributed by atoms with Crippen molar-refractivity contribution in [2.75, 3.05) is 6.54 Å². The standard InChI is InChI=1S/C28H27F3N6O5S/c1-15-8-22-25(33-11-15)42-27(5-6-27)14-36(43(22,40)41)13-19-9-18(12-32-17(19)3)21(10-23(38)39)20-4-7-37-24(16(20)2)34-35-26(37)28(29,30)31/h4,7-9,11-12,21H,5-6,10,13-14H2,1-3H3,(H,38,39)/t21-/m0/s1. The molecule has 0 bridgehead atoms. The van der Waals surface area contributed by atoms with E-state index in [0.717, 1.165) is 4.40 Å². The first-order valence-corrected chi connectivity index (χ1v) is 14.9. The first kappa shape index (κ1) is 29.0. The number of halogens is 3. The summed E-state index contributed by atoms with van der Waals surface area (Å²) in [6.45, 7) is 5.09. The molecule has 15 heteroatoms.